The van der Waals surface area contributed by atoms with E-state index in [1.165, 1.54) is 12.1 Å². The predicted molar refractivity (Wildman–Crippen MR) is 103 cm³/mol. The third-order valence-corrected chi connectivity index (χ3v) is 5.70. The number of nitrogens with one attached hydrogen (secondary N) is 1. The fourth-order valence-electron chi connectivity index (χ4n) is 2.63. The van der Waals surface area contributed by atoms with Gasteiger partial charge in [0.2, 0.25) is 0 Å². The number of rotatable bonds is 6. The van der Waals surface area contributed by atoms with Crippen molar-refractivity contribution in [3.8, 4) is 0 Å². The van der Waals surface area contributed by atoms with Crippen LogP contribution in [0, 0.1) is 0 Å². The Kier molecular flexibility index (Phi) is 7.27. The molecule has 0 bridgehead atoms. The van der Waals surface area contributed by atoms with E-state index < -0.39 is 27.5 Å². The predicted octanol–water partition coefficient (Wildman–Crippen LogP) is 5.76. The monoisotopic (exact) mass is 389 g/mol. The van der Waals surface area contributed by atoms with Gasteiger partial charge in [0.25, 0.3) is 0 Å². The van der Waals surface area contributed by atoms with E-state index >= 15 is 0 Å². The third-order valence-electron chi connectivity index (χ3n) is 4.07. The lowest BCUT2D eigenvalue weighted by molar-refractivity contribution is -0.137. The lowest BCUT2D eigenvalue weighted by atomic mass is 9.78. The minimum atomic E-state index is -4.33. The van der Waals surface area contributed by atoms with Gasteiger partial charge >= 0.3 is 6.18 Å². The lowest BCUT2D eigenvalue weighted by Crippen LogP contribution is -2.41. The quantitative estimate of drug-likeness (QED) is 0.616. The van der Waals surface area contributed by atoms with E-state index in [4.69, 9.17) is 0 Å². The van der Waals surface area contributed by atoms with Gasteiger partial charge in [0.15, 0.2) is 0 Å². The molecule has 0 radical (unpaired) electrons. The molecule has 1 rings (SSSR count). The van der Waals surface area contributed by atoms with Crippen molar-refractivity contribution < 1.29 is 17.4 Å². The maximum Gasteiger partial charge on any atom is 0.416 e. The summed E-state index contributed by atoms with van der Waals surface area (Å²) in [6, 6.07) is 5.16. The zero-order valence-corrected chi connectivity index (χ0v) is 17.4. The fraction of sp³-hybridized carbons (Fsp3) is 0.600. The minimum Gasteiger partial charge on any atom is -0.242 e. The standard InChI is InChI=1S/C20H30F3NOS/c1-14(2)12-17(24-26(25)18(3,4)5)13-19(6,7)15-8-10-16(11-9-15)20(21,22)23/h8-12,17,24H,13H2,1-7H3/t17-,26?/m0/s1. The number of benzene rings is 1. The summed E-state index contributed by atoms with van der Waals surface area (Å²) in [6.45, 7) is 13.6. The van der Waals surface area contributed by atoms with Crippen molar-refractivity contribution in [1.82, 2.24) is 4.72 Å². The summed E-state index contributed by atoms with van der Waals surface area (Å²) >= 11 is 0. The van der Waals surface area contributed by atoms with E-state index in [0.29, 0.717) is 6.42 Å². The molecule has 0 aliphatic heterocycles. The molecule has 0 amide bonds. The van der Waals surface area contributed by atoms with Crippen LogP contribution in [0.4, 0.5) is 13.2 Å². The number of hydrogen-bond acceptors (Lipinski definition) is 1. The van der Waals surface area contributed by atoms with Crippen LogP contribution in [0.1, 0.15) is 66.0 Å². The van der Waals surface area contributed by atoms with Crippen molar-refractivity contribution in [2.75, 3.05) is 0 Å². The van der Waals surface area contributed by atoms with E-state index in [9.17, 15) is 17.4 Å². The summed E-state index contributed by atoms with van der Waals surface area (Å²) in [7, 11) is -1.23. The second kappa shape index (κ2) is 8.26. The zero-order valence-electron chi connectivity index (χ0n) is 16.6. The van der Waals surface area contributed by atoms with Crippen molar-refractivity contribution in [1.29, 1.82) is 0 Å². The minimum absolute atomic E-state index is 0.141. The molecule has 0 aliphatic rings. The van der Waals surface area contributed by atoms with Crippen LogP contribution in [-0.4, -0.2) is 15.0 Å². The highest BCUT2D eigenvalue weighted by Crippen LogP contribution is 2.33. The average molecular weight is 390 g/mol. The van der Waals surface area contributed by atoms with Gasteiger partial charge in [-0.3, -0.25) is 0 Å². The molecule has 0 heterocycles. The Morgan fingerprint density at radius 1 is 1.04 bits per heavy atom. The number of hydrogen-bond donors (Lipinski definition) is 1. The molecule has 6 heteroatoms. The van der Waals surface area contributed by atoms with Crippen LogP contribution < -0.4 is 4.72 Å². The van der Waals surface area contributed by atoms with Crippen LogP contribution in [0.15, 0.2) is 35.9 Å². The Morgan fingerprint density at radius 3 is 1.88 bits per heavy atom. The summed E-state index contributed by atoms with van der Waals surface area (Å²) in [5, 5.41) is 0. The third kappa shape index (κ3) is 6.88. The Morgan fingerprint density at radius 2 is 1.50 bits per heavy atom. The second-order valence-corrected chi connectivity index (χ2v) is 10.5. The number of halogens is 3. The first-order chi connectivity index (χ1) is 11.6. The summed E-state index contributed by atoms with van der Waals surface area (Å²) in [5.41, 5.74) is 0.887. The second-order valence-electron chi connectivity index (χ2n) is 8.51. The van der Waals surface area contributed by atoms with Crippen LogP contribution in [0.2, 0.25) is 0 Å². The van der Waals surface area contributed by atoms with Crippen molar-refractivity contribution in [2.45, 2.75) is 77.3 Å². The SMILES string of the molecule is CC(C)=C[C@@H](CC(C)(C)c1ccc(C(F)(F)F)cc1)NS(=O)C(C)(C)C. The Labute approximate surface area is 157 Å². The van der Waals surface area contributed by atoms with Crippen LogP contribution in [0.3, 0.4) is 0 Å². The Bertz CT molecular complexity index is 651. The van der Waals surface area contributed by atoms with Gasteiger partial charge in [-0.25, -0.2) is 8.93 Å². The van der Waals surface area contributed by atoms with E-state index in [2.05, 4.69) is 4.72 Å². The van der Waals surface area contributed by atoms with Crippen molar-refractivity contribution in [2.24, 2.45) is 0 Å². The van der Waals surface area contributed by atoms with Gasteiger partial charge in [-0.15, -0.1) is 0 Å². The number of allylic oxidation sites excluding steroid dienone is 1. The highest BCUT2D eigenvalue weighted by molar-refractivity contribution is 7.84. The van der Waals surface area contributed by atoms with Crippen molar-refractivity contribution in [3.05, 3.63) is 47.0 Å². The molecule has 0 saturated heterocycles. The molecule has 1 N–H and O–H groups in total. The van der Waals surface area contributed by atoms with Gasteiger partial charge in [0.05, 0.1) is 21.3 Å². The van der Waals surface area contributed by atoms with Crippen LogP contribution in [0.25, 0.3) is 0 Å². The molecule has 2 nitrogen and oxygen atoms in total. The first-order valence-corrected chi connectivity index (χ1v) is 9.79. The fourth-order valence-corrected chi connectivity index (χ4v) is 3.41. The molecule has 0 spiro atoms. The summed E-state index contributed by atoms with van der Waals surface area (Å²) in [5.74, 6) is 0. The molecular weight excluding hydrogens is 359 g/mol. The van der Waals surface area contributed by atoms with Crippen molar-refractivity contribution in [3.63, 3.8) is 0 Å². The molecule has 0 fully saturated rings. The van der Waals surface area contributed by atoms with Crippen LogP contribution in [0.5, 0.6) is 0 Å². The largest absolute Gasteiger partial charge is 0.416 e. The molecular formula is C20H30F3NOS. The maximum absolute atomic E-state index is 12.8. The molecule has 2 atom stereocenters. The molecule has 26 heavy (non-hydrogen) atoms. The zero-order chi connectivity index (χ0) is 20.3. The Balaban J connectivity index is 3.04. The molecule has 148 valence electrons. The van der Waals surface area contributed by atoms with Crippen LogP contribution in [-0.2, 0) is 22.6 Å². The summed E-state index contributed by atoms with van der Waals surface area (Å²) < 4.78 is 53.6. The first-order valence-electron chi connectivity index (χ1n) is 8.64. The first kappa shape index (κ1) is 22.9. The molecule has 1 aromatic rings. The van der Waals surface area contributed by atoms with Gasteiger partial charge in [-0.2, -0.15) is 13.2 Å². The summed E-state index contributed by atoms with van der Waals surface area (Å²) in [6.07, 6.45) is -1.70. The smallest absolute Gasteiger partial charge is 0.242 e. The lowest BCUT2D eigenvalue weighted by Gasteiger charge is -2.31. The van der Waals surface area contributed by atoms with E-state index in [-0.39, 0.29) is 11.5 Å². The van der Waals surface area contributed by atoms with Gasteiger partial charge in [-0.1, -0.05) is 37.6 Å². The normalized spacial score (nSPS) is 15.5. The highest BCUT2D eigenvalue weighted by Gasteiger charge is 2.32. The van der Waals surface area contributed by atoms with E-state index in [0.717, 1.165) is 23.3 Å². The van der Waals surface area contributed by atoms with Gasteiger partial charge < -0.3 is 0 Å². The number of alkyl halides is 3. The Hall–Kier alpha value is -1.14. The molecule has 0 aliphatic carbocycles. The van der Waals surface area contributed by atoms with E-state index in [1.807, 2.05) is 54.5 Å². The maximum atomic E-state index is 12.8. The topological polar surface area (TPSA) is 29.1 Å². The molecule has 1 aromatic carbocycles. The van der Waals surface area contributed by atoms with Gasteiger partial charge in [-0.05, 0) is 64.2 Å². The highest BCUT2D eigenvalue weighted by atomic mass is 32.2. The average Bonchev–Trinajstić information content (AvgIpc) is 2.44. The molecule has 1 unspecified atom stereocenters. The molecule has 0 saturated carbocycles. The van der Waals surface area contributed by atoms with Gasteiger partial charge in [0, 0.05) is 6.04 Å². The van der Waals surface area contributed by atoms with Crippen molar-refractivity contribution >= 4 is 11.0 Å². The van der Waals surface area contributed by atoms with E-state index in [1.54, 1.807) is 0 Å². The van der Waals surface area contributed by atoms with Crippen LogP contribution >= 0.6 is 0 Å². The summed E-state index contributed by atoms with van der Waals surface area (Å²) in [4.78, 5) is 0. The van der Waals surface area contributed by atoms with Gasteiger partial charge in [0.1, 0.15) is 0 Å². The molecule has 0 aromatic heterocycles.